The normalized spacial score (nSPS) is 10.6. The maximum atomic E-state index is 10.4. The summed E-state index contributed by atoms with van der Waals surface area (Å²) in [6, 6.07) is 0. The Labute approximate surface area is 85.8 Å². The van der Waals surface area contributed by atoms with Gasteiger partial charge in [-0.1, -0.05) is 23.8 Å². The van der Waals surface area contributed by atoms with Crippen molar-refractivity contribution < 1.29 is 4.79 Å². The Bertz CT molecular complexity index is 378. The molecule has 0 bridgehead atoms. The van der Waals surface area contributed by atoms with Gasteiger partial charge in [-0.2, -0.15) is 0 Å². The molecule has 4 N–H and O–H groups in total. The SMILES string of the molecule is NC(=O)CC=Cc1cnc(N)nc1Cl. The Morgan fingerprint density at radius 1 is 1.64 bits per heavy atom. The minimum Gasteiger partial charge on any atom is -0.369 e. The molecule has 0 radical (unpaired) electrons. The van der Waals surface area contributed by atoms with Crippen LogP contribution in [0.15, 0.2) is 12.3 Å². The summed E-state index contributed by atoms with van der Waals surface area (Å²) in [4.78, 5) is 17.9. The molecule has 0 saturated carbocycles. The molecule has 14 heavy (non-hydrogen) atoms. The monoisotopic (exact) mass is 212 g/mol. The van der Waals surface area contributed by atoms with Crippen LogP contribution >= 0.6 is 11.6 Å². The molecule has 0 fully saturated rings. The van der Waals surface area contributed by atoms with E-state index in [0.29, 0.717) is 5.56 Å². The fraction of sp³-hybridized carbons (Fsp3) is 0.125. The lowest BCUT2D eigenvalue weighted by Crippen LogP contribution is -2.07. The first-order valence-corrected chi connectivity index (χ1v) is 4.20. The number of amides is 1. The van der Waals surface area contributed by atoms with Crippen LogP contribution in [0.5, 0.6) is 0 Å². The van der Waals surface area contributed by atoms with Crippen molar-refractivity contribution in [1.82, 2.24) is 9.97 Å². The molecule has 74 valence electrons. The molecule has 0 spiro atoms. The number of nitrogen functional groups attached to an aromatic ring is 1. The molecule has 1 amide bonds. The Morgan fingerprint density at radius 3 is 2.93 bits per heavy atom. The van der Waals surface area contributed by atoms with Gasteiger partial charge in [-0.3, -0.25) is 4.79 Å². The van der Waals surface area contributed by atoms with E-state index in [4.69, 9.17) is 23.1 Å². The molecule has 0 aromatic carbocycles. The van der Waals surface area contributed by atoms with Gasteiger partial charge in [0.15, 0.2) is 0 Å². The van der Waals surface area contributed by atoms with Gasteiger partial charge in [-0.15, -0.1) is 0 Å². The zero-order valence-corrected chi connectivity index (χ0v) is 8.03. The predicted octanol–water partition coefficient (Wildman–Crippen LogP) is 0.601. The third-order valence-electron chi connectivity index (χ3n) is 1.40. The number of hydrogen-bond donors (Lipinski definition) is 2. The molecule has 0 saturated heterocycles. The minimum absolute atomic E-state index is 0.113. The van der Waals surface area contributed by atoms with Gasteiger partial charge in [-0.05, 0) is 0 Å². The van der Waals surface area contributed by atoms with Gasteiger partial charge in [0, 0.05) is 18.2 Å². The largest absolute Gasteiger partial charge is 0.369 e. The van der Waals surface area contributed by atoms with Crippen molar-refractivity contribution in [3.63, 3.8) is 0 Å². The molecular weight excluding hydrogens is 204 g/mol. The molecule has 0 unspecified atom stereocenters. The van der Waals surface area contributed by atoms with Crippen molar-refractivity contribution in [2.24, 2.45) is 5.73 Å². The van der Waals surface area contributed by atoms with Crippen LogP contribution in [0.2, 0.25) is 5.15 Å². The summed E-state index contributed by atoms with van der Waals surface area (Å²) < 4.78 is 0. The van der Waals surface area contributed by atoms with E-state index in [1.54, 1.807) is 12.2 Å². The number of carbonyl (C=O) groups excluding carboxylic acids is 1. The van der Waals surface area contributed by atoms with E-state index in [-0.39, 0.29) is 17.5 Å². The molecule has 1 aromatic heterocycles. The molecule has 1 aromatic rings. The van der Waals surface area contributed by atoms with Crippen molar-refractivity contribution in [2.45, 2.75) is 6.42 Å². The van der Waals surface area contributed by atoms with Gasteiger partial charge in [0.05, 0.1) is 0 Å². The molecule has 5 nitrogen and oxygen atoms in total. The van der Waals surface area contributed by atoms with Crippen molar-refractivity contribution in [2.75, 3.05) is 5.73 Å². The lowest BCUT2D eigenvalue weighted by Gasteiger charge is -1.96. The van der Waals surface area contributed by atoms with Crippen LogP contribution in [0, 0.1) is 0 Å². The number of nitrogens with two attached hydrogens (primary N) is 2. The van der Waals surface area contributed by atoms with E-state index in [1.165, 1.54) is 6.20 Å². The maximum absolute atomic E-state index is 10.4. The first-order valence-electron chi connectivity index (χ1n) is 3.82. The smallest absolute Gasteiger partial charge is 0.221 e. The van der Waals surface area contributed by atoms with Gasteiger partial charge in [0.2, 0.25) is 11.9 Å². The maximum Gasteiger partial charge on any atom is 0.221 e. The Morgan fingerprint density at radius 2 is 2.36 bits per heavy atom. The highest BCUT2D eigenvalue weighted by Crippen LogP contribution is 2.14. The Balaban J connectivity index is 2.76. The first kappa shape index (κ1) is 10.5. The van der Waals surface area contributed by atoms with Crippen molar-refractivity contribution in [1.29, 1.82) is 0 Å². The predicted molar refractivity (Wildman–Crippen MR) is 54.3 cm³/mol. The van der Waals surface area contributed by atoms with E-state index in [2.05, 4.69) is 9.97 Å². The van der Waals surface area contributed by atoms with Gasteiger partial charge in [0.1, 0.15) is 5.15 Å². The third kappa shape index (κ3) is 3.02. The van der Waals surface area contributed by atoms with E-state index < -0.39 is 5.91 Å². The number of rotatable bonds is 3. The van der Waals surface area contributed by atoms with Gasteiger partial charge >= 0.3 is 0 Å². The second-order valence-electron chi connectivity index (χ2n) is 2.55. The second kappa shape index (κ2) is 4.57. The van der Waals surface area contributed by atoms with E-state index in [9.17, 15) is 4.79 Å². The lowest BCUT2D eigenvalue weighted by molar-refractivity contribution is -0.117. The number of primary amides is 1. The van der Waals surface area contributed by atoms with Crippen LogP contribution in [-0.4, -0.2) is 15.9 Å². The highest BCUT2D eigenvalue weighted by atomic mass is 35.5. The van der Waals surface area contributed by atoms with E-state index in [1.807, 2.05) is 0 Å². The lowest BCUT2D eigenvalue weighted by atomic mass is 10.3. The van der Waals surface area contributed by atoms with Crippen LogP contribution in [0.3, 0.4) is 0 Å². The van der Waals surface area contributed by atoms with Crippen molar-refractivity contribution in [3.05, 3.63) is 23.0 Å². The fourth-order valence-electron chi connectivity index (χ4n) is 0.797. The number of anilines is 1. The topological polar surface area (TPSA) is 94.9 Å². The highest BCUT2D eigenvalue weighted by Gasteiger charge is 1.99. The molecule has 1 heterocycles. The van der Waals surface area contributed by atoms with Crippen LogP contribution in [0.25, 0.3) is 6.08 Å². The molecule has 6 heteroatoms. The van der Waals surface area contributed by atoms with Crippen LogP contribution in [0.4, 0.5) is 5.95 Å². The van der Waals surface area contributed by atoms with Gasteiger partial charge in [-0.25, -0.2) is 9.97 Å². The van der Waals surface area contributed by atoms with Crippen molar-refractivity contribution in [3.8, 4) is 0 Å². The number of halogens is 1. The fourth-order valence-corrected chi connectivity index (χ4v) is 0.995. The van der Waals surface area contributed by atoms with Crippen molar-refractivity contribution >= 4 is 29.5 Å². The highest BCUT2D eigenvalue weighted by molar-refractivity contribution is 6.30. The summed E-state index contributed by atoms with van der Waals surface area (Å²) in [5.41, 5.74) is 10.8. The summed E-state index contributed by atoms with van der Waals surface area (Å²) >= 11 is 5.75. The van der Waals surface area contributed by atoms with Gasteiger partial charge in [0.25, 0.3) is 0 Å². The van der Waals surface area contributed by atoms with E-state index >= 15 is 0 Å². The first-order chi connectivity index (χ1) is 6.59. The molecule has 1 rings (SSSR count). The van der Waals surface area contributed by atoms with Crippen LogP contribution in [0.1, 0.15) is 12.0 Å². The minimum atomic E-state index is -0.409. The number of aromatic nitrogens is 2. The van der Waals surface area contributed by atoms with E-state index in [0.717, 1.165) is 0 Å². The van der Waals surface area contributed by atoms with Gasteiger partial charge < -0.3 is 11.5 Å². The summed E-state index contributed by atoms with van der Waals surface area (Å²) in [5.74, 6) is -0.296. The third-order valence-corrected chi connectivity index (χ3v) is 1.71. The molecule has 0 aliphatic carbocycles. The number of carbonyl (C=O) groups is 1. The average Bonchev–Trinajstić information content (AvgIpc) is 2.08. The summed E-state index contributed by atoms with van der Waals surface area (Å²) in [7, 11) is 0. The number of nitrogens with zero attached hydrogens (tertiary/aromatic N) is 2. The Kier molecular flexibility index (Phi) is 3.41. The van der Waals surface area contributed by atoms with Crippen LogP contribution < -0.4 is 11.5 Å². The van der Waals surface area contributed by atoms with Crippen LogP contribution in [-0.2, 0) is 4.79 Å². The standard InChI is InChI=1S/C8H9ClN4O/c9-7-5(2-1-3-6(10)14)4-12-8(11)13-7/h1-2,4H,3H2,(H2,10,14)(H2,11,12,13). The molecule has 0 aliphatic heterocycles. The number of hydrogen-bond acceptors (Lipinski definition) is 4. The molecule has 0 atom stereocenters. The zero-order chi connectivity index (χ0) is 10.6. The average molecular weight is 213 g/mol. The quantitative estimate of drug-likeness (QED) is 0.718. The summed E-state index contributed by atoms with van der Waals surface area (Å²) in [6.45, 7) is 0. The summed E-state index contributed by atoms with van der Waals surface area (Å²) in [6.07, 6.45) is 4.83. The Hall–Kier alpha value is -1.62. The second-order valence-corrected chi connectivity index (χ2v) is 2.91. The molecule has 0 aliphatic rings. The zero-order valence-electron chi connectivity index (χ0n) is 7.27. The molecular formula is C8H9ClN4O. The summed E-state index contributed by atoms with van der Waals surface area (Å²) in [5, 5.41) is 0.248.